The predicted octanol–water partition coefficient (Wildman–Crippen LogP) is 4.79. The van der Waals surface area contributed by atoms with Gasteiger partial charge in [0, 0.05) is 28.4 Å². The lowest BCUT2D eigenvalue weighted by molar-refractivity contribution is -0.118. The second-order valence-corrected chi connectivity index (χ2v) is 7.75. The lowest BCUT2D eigenvalue weighted by Gasteiger charge is -2.08. The maximum absolute atomic E-state index is 12.0. The van der Waals surface area contributed by atoms with Gasteiger partial charge in [-0.2, -0.15) is 5.10 Å². The largest absolute Gasteiger partial charge is 0.318 e. The molecule has 5 heteroatoms. The number of carbonyl (C=O) groups is 1. The van der Waals surface area contributed by atoms with Crippen LogP contribution < -0.4 is 5.43 Å². The van der Waals surface area contributed by atoms with Crippen molar-refractivity contribution < 1.29 is 4.79 Å². The van der Waals surface area contributed by atoms with Crippen LogP contribution in [0.3, 0.4) is 0 Å². The lowest BCUT2D eigenvalue weighted by Crippen LogP contribution is -2.19. The summed E-state index contributed by atoms with van der Waals surface area (Å²) in [5.74, 6) is 1.11. The molecular weight excluding hydrogens is 366 g/mol. The van der Waals surface area contributed by atoms with E-state index in [-0.39, 0.29) is 5.91 Å². The molecule has 0 fully saturated rings. The van der Waals surface area contributed by atoms with Crippen molar-refractivity contribution in [3.63, 3.8) is 0 Å². The summed E-state index contributed by atoms with van der Waals surface area (Å²) in [6.45, 7) is 6.19. The third-order valence-corrected chi connectivity index (χ3v) is 5.50. The van der Waals surface area contributed by atoms with E-state index in [1.807, 2.05) is 18.2 Å². The fourth-order valence-electron chi connectivity index (χ4n) is 3.04. The van der Waals surface area contributed by atoms with Gasteiger partial charge < -0.3 is 4.57 Å². The highest BCUT2D eigenvalue weighted by Gasteiger charge is 2.09. The van der Waals surface area contributed by atoms with E-state index in [9.17, 15) is 4.79 Å². The summed E-state index contributed by atoms with van der Waals surface area (Å²) in [4.78, 5) is 12.0. The van der Waals surface area contributed by atoms with Crippen LogP contribution in [0.25, 0.3) is 5.69 Å². The van der Waals surface area contributed by atoms with Crippen LogP contribution in [0.1, 0.15) is 28.1 Å². The first-order valence-corrected chi connectivity index (χ1v) is 10.4. The second kappa shape index (κ2) is 9.42. The van der Waals surface area contributed by atoms with Crippen LogP contribution in [0.5, 0.6) is 0 Å². The number of aryl methyl sites for hydroxylation is 2. The minimum atomic E-state index is -0.0924. The molecule has 0 saturated heterocycles. The molecule has 0 bridgehead atoms. The van der Waals surface area contributed by atoms with Gasteiger partial charge in [-0.3, -0.25) is 4.79 Å². The van der Waals surface area contributed by atoms with Crippen molar-refractivity contribution in [1.29, 1.82) is 0 Å². The van der Waals surface area contributed by atoms with E-state index in [4.69, 9.17) is 0 Å². The molecule has 28 heavy (non-hydrogen) atoms. The number of para-hydroxylation sites is 1. The number of benzene rings is 2. The highest BCUT2D eigenvalue weighted by atomic mass is 32.2. The van der Waals surface area contributed by atoms with E-state index in [0.29, 0.717) is 5.75 Å². The van der Waals surface area contributed by atoms with Crippen molar-refractivity contribution in [2.24, 2.45) is 5.10 Å². The number of carbonyl (C=O) groups excluding carboxylic acids is 1. The summed E-state index contributed by atoms with van der Waals surface area (Å²) in [6, 6.07) is 20.7. The van der Waals surface area contributed by atoms with Gasteiger partial charge in [-0.1, -0.05) is 48.0 Å². The Morgan fingerprint density at radius 3 is 2.50 bits per heavy atom. The van der Waals surface area contributed by atoms with E-state index >= 15 is 0 Å². The van der Waals surface area contributed by atoms with Gasteiger partial charge in [0.05, 0.1) is 12.0 Å². The molecule has 3 rings (SSSR count). The van der Waals surface area contributed by atoms with E-state index in [1.54, 1.807) is 18.0 Å². The number of hydrogen-bond donors (Lipinski definition) is 1. The first-order valence-electron chi connectivity index (χ1n) is 9.24. The Balaban J connectivity index is 1.53. The van der Waals surface area contributed by atoms with Crippen LogP contribution in [0, 0.1) is 20.8 Å². The maximum Gasteiger partial charge on any atom is 0.250 e. The van der Waals surface area contributed by atoms with Crippen LogP contribution in [-0.2, 0) is 10.5 Å². The molecule has 0 atom stereocenters. The van der Waals surface area contributed by atoms with Crippen LogP contribution in [0.4, 0.5) is 0 Å². The first-order chi connectivity index (χ1) is 13.5. The number of hydrogen-bond acceptors (Lipinski definition) is 3. The lowest BCUT2D eigenvalue weighted by atomic mass is 10.2. The fourth-order valence-corrected chi connectivity index (χ4v) is 3.82. The molecule has 1 heterocycles. The summed E-state index contributed by atoms with van der Waals surface area (Å²) >= 11 is 1.58. The standard InChI is InChI=1S/C23H25N3OS/c1-17-9-11-20(12-10-17)15-28-16-23(27)25-24-14-21-13-18(2)26(19(21)3)22-7-5-4-6-8-22/h4-14H,15-16H2,1-3H3,(H,25,27)/b24-14+. The Hall–Kier alpha value is -2.79. The highest BCUT2D eigenvalue weighted by Crippen LogP contribution is 2.19. The first kappa shape index (κ1) is 20.0. The minimum Gasteiger partial charge on any atom is -0.318 e. The molecule has 0 aliphatic carbocycles. The van der Waals surface area contributed by atoms with Gasteiger partial charge in [-0.15, -0.1) is 11.8 Å². The third-order valence-electron chi connectivity index (χ3n) is 4.50. The zero-order chi connectivity index (χ0) is 19.9. The molecule has 0 radical (unpaired) electrons. The quantitative estimate of drug-likeness (QED) is 0.465. The van der Waals surface area contributed by atoms with Crippen molar-refractivity contribution in [1.82, 2.24) is 9.99 Å². The topological polar surface area (TPSA) is 46.4 Å². The Kier molecular flexibility index (Phi) is 6.71. The van der Waals surface area contributed by atoms with Crippen LogP contribution in [-0.4, -0.2) is 22.4 Å². The van der Waals surface area contributed by atoms with Gasteiger partial charge in [-0.05, 0) is 44.5 Å². The molecule has 3 aromatic rings. The number of hydrazone groups is 1. The number of nitrogens with zero attached hydrogens (tertiary/aromatic N) is 2. The molecule has 0 spiro atoms. The Morgan fingerprint density at radius 1 is 1.07 bits per heavy atom. The van der Waals surface area contributed by atoms with Gasteiger partial charge in [0.25, 0.3) is 0 Å². The summed E-state index contributed by atoms with van der Waals surface area (Å²) in [5.41, 5.74) is 9.42. The monoisotopic (exact) mass is 391 g/mol. The molecule has 1 aromatic heterocycles. The van der Waals surface area contributed by atoms with Crippen LogP contribution in [0.15, 0.2) is 65.8 Å². The Morgan fingerprint density at radius 2 is 1.79 bits per heavy atom. The molecule has 0 saturated carbocycles. The molecule has 2 aromatic carbocycles. The number of nitrogens with one attached hydrogen (secondary N) is 1. The SMILES string of the molecule is Cc1ccc(CSCC(=O)N/N=C/c2cc(C)n(-c3ccccc3)c2C)cc1. The van der Waals surface area contributed by atoms with Gasteiger partial charge in [0.2, 0.25) is 5.91 Å². The van der Waals surface area contributed by atoms with Gasteiger partial charge in [-0.25, -0.2) is 5.43 Å². The van der Waals surface area contributed by atoms with E-state index in [0.717, 1.165) is 28.4 Å². The maximum atomic E-state index is 12.0. The summed E-state index contributed by atoms with van der Waals surface area (Å²) in [5, 5.41) is 4.14. The van der Waals surface area contributed by atoms with Crippen molar-refractivity contribution in [2.75, 3.05) is 5.75 Å². The molecular formula is C23H25N3OS. The fraction of sp³-hybridized carbons (Fsp3) is 0.217. The van der Waals surface area contributed by atoms with E-state index < -0.39 is 0 Å². The van der Waals surface area contributed by atoms with Gasteiger partial charge >= 0.3 is 0 Å². The summed E-state index contributed by atoms with van der Waals surface area (Å²) in [7, 11) is 0. The summed E-state index contributed by atoms with van der Waals surface area (Å²) in [6.07, 6.45) is 1.71. The van der Waals surface area contributed by atoms with Gasteiger partial charge in [0.1, 0.15) is 0 Å². The molecule has 4 nitrogen and oxygen atoms in total. The van der Waals surface area contributed by atoms with Crippen molar-refractivity contribution in [2.45, 2.75) is 26.5 Å². The van der Waals surface area contributed by atoms with E-state index in [2.05, 4.69) is 78.3 Å². The molecule has 1 amide bonds. The number of rotatable bonds is 7. The smallest absolute Gasteiger partial charge is 0.250 e. The normalized spacial score (nSPS) is 11.1. The Bertz CT molecular complexity index is 960. The minimum absolute atomic E-state index is 0.0924. The van der Waals surface area contributed by atoms with Gasteiger partial charge in [0.15, 0.2) is 0 Å². The van der Waals surface area contributed by atoms with Crippen LogP contribution >= 0.6 is 11.8 Å². The molecule has 0 aliphatic rings. The second-order valence-electron chi connectivity index (χ2n) is 6.77. The van der Waals surface area contributed by atoms with Crippen LogP contribution in [0.2, 0.25) is 0 Å². The summed E-state index contributed by atoms with van der Waals surface area (Å²) < 4.78 is 2.18. The number of thioether (sulfide) groups is 1. The van der Waals surface area contributed by atoms with Crippen molar-refractivity contribution in [3.8, 4) is 5.69 Å². The average molecular weight is 392 g/mol. The molecule has 0 unspecified atom stereocenters. The zero-order valence-corrected chi connectivity index (χ0v) is 17.3. The predicted molar refractivity (Wildman–Crippen MR) is 118 cm³/mol. The average Bonchev–Trinajstić information content (AvgIpc) is 2.97. The third kappa shape index (κ3) is 5.14. The molecule has 1 N–H and O–H groups in total. The number of aromatic nitrogens is 1. The van der Waals surface area contributed by atoms with Crippen molar-refractivity contribution in [3.05, 3.63) is 88.7 Å². The Labute approximate surface area is 170 Å². The highest BCUT2D eigenvalue weighted by molar-refractivity contribution is 7.99. The van der Waals surface area contributed by atoms with E-state index in [1.165, 1.54) is 11.1 Å². The molecule has 144 valence electrons. The molecule has 0 aliphatic heterocycles. The van der Waals surface area contributed by atoms with Crippen molar-refractivity contribution >= 4 is 23.9 Å². The number of amides is 1. The zero-order valence-electron chi connectivity index (χ0n) is 16.5.